The van der Waals surface area contributed by atoms with Gasteiger partial charge in [-0.15, -0.1) is 0 Å². The van der Waals surface area contributed by atoms with E-state index in [1.54, 1.807) is 17.6 Å². The van der Waals surface area contributed by atoms with Gasteiger partial charge in [0.2, 0.25) is 0 Å². The van der Waals surface area contributed by atoms with Crippen LogP contribution in [0.25, 0.3) is 22.4 Å². The Balaban J connectivity index is 1.80. The van der Waals surface area contributed by atoms with Gasteiger partial charge in [-0.3, -0.25) is 10.0 Å². The van der Waals surface area contributed by atoms with Crippen LogP contribution in [0.15, 0.2) is 72.8 Å². The summed E-state index contributed by atoms with van der Waals surface area (Å²) in [6, 6.07) is 23.5. The van der Waals surface area contributed by atoms with Gasteiger partial charge in [0.05, 0.1) is 11.0 Å². The first-order valence-electron chi connectivity index (χ1n) is 8.40. The van der Waals surface area contributed by atoms with Crippen LogP contribution in [0.3, 0.4) is 0 Å². The van der Waals surface area contributed by atoms with Crippen molar-refractivity contribution in [1.82, 2.24) is 15.0 Å². The highest BCUT2D eigenvalue weighted by molar-refractivity contribution is 14.1. The Morgan fingerprint density at radius 3 is 2.41 bits per heavy atom. The number of benzene rings is 3. The van der Waals surface area contributed by atoms with Gasteiger partial charge in [0.15, 0.2) is 0 Å². The normalized spacial score (nSPS) is 10.9. The standard InChI is InChI=1S/C21H16IN3O2/c22-17-11-5-14(6-12-17)13-25-19-4-2-1-3-18(19)23-20(25)15-7-9-16(10-8-15)21(26)24-27/h1-12,27H,13H2,(H,24,26). The maximum atomic E-state index is 11.6. The van der Waals surface area contributed by atoms with Gasteiger partial charge in [0.25, 0.3) is 5.91 Å². The molecule has 0 aliphatic rings. The van der Waals surface area contributed by atoms with E-state index >= 15 is 0 Å². The summed E-state index contributed by atoms with van der Waals surface area (Å²) in [6.45, 7) is 0.700. The van der Waals surface area contributed by atoms with E-state index in [4.69, 9.17) is 10.2 Å². The molecule has 1 aromatic heterocycles. The van der Waals surface area contributed by atoms with Gasteiger partial charge in [0, 0.05) is 21.2 Å². The summed E-state index contributed by atoms with van der Waals surface area (Å²) < 4.78 is 3.38. The lowest BCUT2D eigenvalue weighted by Gasteiger charge is -2.10. The summed E-state index contributed by atoms with van der Waals surface area (Å²) in [4.78, 5) is 16.4. The fraction of sp³-hybridized carbons (Fsp3) is 0.0476. The number of carbonyl (C=O) groups is 1. The van der Waals surface area contributed by atoms with Gasteiger partial charge in [-0.1, -0.05) is 36.4 Å². The molecule has 0 saturated heterocycles. The SMILES string of the molecule is O=C(NO)c1ccc(-c2nc3ccccc3n2Cc2ccc(I)cc2)cc1. The molecule has 4 aromatic rings. The Bertz CT molecular complexity index is 1100. The predicted octanol–water partition coefficient (Wildman–Crippen LogP) is 4.48. The molecule has 1 heterocycles. The molecule has 27 heavy (non-hydrogen) atoms. The van der Waals surface area contributed by atoms with E-state index < -0.39 is 5.91 Å². The highest BCUT2D eigenvalue weighted by atomic mass is 127. The molecule has 0 saturated carbocycles. The molecule has 5 nitrogen and oxygen atoms in total. The molecule has 2 N–H and O–H groups in total. The van der Waals surface area contributed by atoms with Gasteiger partial charge >= 0.3 is 0 Å². The molecule has 0 atom stereocenters. The number of carbonyl (C=O) groups excluding carboxylic acids is 1. The van der Waals surface area contributed by atoms with Gasteiger partial charge in [-0.05, 0) is 64.6 Å². The number of hydrogen-bond acceptors (Lipinski definition) is 3. The van der Waals surface area contributed by atoms with Gasteiger partial charge in [-0.25, -0.2) is 10.5 Å². The molecule has 1 amide bonds. The van der Waals surface area contributed by atoms with E-state index in [9.17, 15) is 4.79 Å². The second kappa shape index (κ2) is 7.50. The maximum absolute atomic E-state index is 11.6. The van der Waals surface area contributed by atoms with E-state index in [0.29, 0.717) is 12.1 Å². The molecule has 0 fully saturated rings. The number of fused-ring (bicyclic) bond motifs is 1. The molecule has 0 aliphatic carbocycles. The van der Waals surface area contributed by atoms with E-state index in [2.05, 4.69) is 57.5 Å². The number of amides is 1. The van der Waals surface area contributed by atoms with E-state index in [1.165, 1.54) is 9.13 Å². The molecule has 0 bridgehead atoms. The average Bonchev–Trinajstić information content (AvgIpc) is 3.08. The van der Waals surface area contributed by atoms with Crippen LogP contribution >= 0.6 is 22.6 Å². The molecule has 0 aliphatic heterocycles. The number of hydroxylamine groups is 1. The number of nitrogens with zero attached hydrogens (tertiary/aromatic N) is 2. The molecule has 134 valence electrons. The second-order valence-electron chi connectivity index (χ2n) is 6.16. The third-order valence-corrected chi connectivity index (χ3v) is 5.13. The van der Waals surface area contributed by atoms with Crippen molar-refractivity contribution in [3.8, 4) is 11.4 Å². The zero-order chi connectivity index (χ0) is 18.8. The second-order valence-corrected chi connectivity index (χ2v) is 7.40. The number of halogens is 1. The number of hydrogen-bond donors (Lipinski definition) is 2. The first kappa shape index (κ1) is 17.7. The lowest BCUT2D eigenvalue weighted by Crippen LogP contribution is -2.18. The third kappa shape index (κ3) is 3.58. The fourth-order valence-corrected chi connectivity index (χ4v) is 3.42. The van der Waals surface area contributed by atoms with Crippen molar-refractivity contribution in [2.75, 3.05) is 0 Å². The van der Waals surface area contributed by atoms with Crippen molar-refractivity contribution in [1.29, 1.82) is 0 Å². The van der Waals surface area contributed by atoms with Crippen molar-refractivity contribution in [2.45, 2.75) is 6.54 Å². The molecule has 0 spiro atoms. The lowest BCUT2D eigenvalue weighted by atomic mass is 10.1. The largest absolute Gasteiger partial charge is 0.319 e. The lowest BCUT2D eigenvalue weighted by molar-refractivity contribution is 0.0706. The molecular formula is C21H16IN3O2. The van der Waals surface area contributed by atoms with E-state index in [1.807, 2.05) is 30.3 Å². The summed E-state index contributed by atoms with van der Waals surface area (Å²) >= 11 is 2.30. The van der Waals surface area contributed by atoms with E-state index in [0.717, 1.165) is 22.4 Å². The van der Waals surface area contributed by atoms with Crippen LogP contribution in [-0.2, 0) is 6.54 Å². The number of nitrogens with one attached hydrogen (secondary N) is 1. The van der Waals surface area contributed by atoms with Crippen LogP contribution in [0.5, 0.6) is 0 Å². The smallest absolute Gasteiger partial charge is 0.274 e. The minimum atomic E-state index is -0.533. The Labute approximate surface area is 169 Å². The van der Waals surface area contributed by atoms with Crippen LogP contribution in [0.4, 0.5) is 0 Å². The summed E-state index contributed by atoms with van der Waals surface area (Å²) in [6.07, 6.45) is 0. The zero-order valence-corrected chi connectivity index (χ0v) is 16.4. The highest BCUT2D eigenvalue weighted by Gasteiger charge is 2.13. The Morgan fingerprint density at radius 2 is 1.70 bits per heavy atom. The van der Waals surface area contributed by atoms with Crippen molar-refractivity contribution in [3.63, 3.8) is 0 Å². The highest BCUT2D eigenvalue weighted by Crippen LogP contribution is 2.26. The Kier molecular flexibility index (Phi) is 4.91. The molecule has 6 heteroatoms. The maximum Gasteiger partial charge on any atom is 0.274 e. The summed E-state index contributed by atoms with van der Waals surface area (Å²) in [5.41, 5.74) is 6.12. The van der Waals surface area contributed by atoms with Crippen LogP contribution < -0.4 is 5.48 Å². The summed E-state index contributed by atoms with van der Waals surface area (Å²) in [5.74, 6) is 0.305. The van der Waals surface area contributed by atoms with Crippen molar-refractivity contribution in [3.05, 3.63) is 87.5 Å². The Hall–Kier alpha value is -2.71. The summed E-state index contributed by atoms with van der Waals surface area (Å²) in [7, 11) is 0. The van der Waals surface area contributed by atoms with Gasteiger partial charge in [0.1, 0.15) is 5.82 Å². The molecular weight excluding hydrogens is 453 g/mol. The van der Waals surface area contributed by atoms with Crippen LogP contribution in [0, 0.1) is 3.57 Å². The molecule has 0 radical (unpaired) electrons. The quantitative estimate of drug-likeness (QED) is 0.263. The third-order valence-electron chi connectivity index (χ3n) is 4.42. The molecule has 4 rings (SSSR count). The van der Waals surface area contributed by atoms with Crippen molar-refractivity contribution >= 4 is 39.5 Å². The minimum absolute atomic E-state index is 0.390. The predicted molar refractivity (Wildman–Crippen MR) is 113 cm³/mol. The summed E-state index contributed by atoms with van der Waals surface area (Å²) in [5, 5.41) is 8.78. The number of aromatic nitrogens is 2. The van der Waals surface area contributed by atoms with Crippen LogP contribution in [-0.4, -0.2) is 20.7 Å². The number of para-hydroxylation sites is 2. The van der Waals surface area contributed by atoms with Gasteiger partial charge < -0.3 is 4.57 Å². The van der Waals surface area contributed by atoms with Crippen LogP contribution in [0.1, 0.15) is 15.9 Å². The minimum Gasteiger partial charge on any atom is -0.319 e. The molecule has 3 aromatic carbocycles. The first-order chi connectivity index (χ1) is 13.2. The monoisotopic (exact) mass is 469 g/mol. The number of rotatable bonds is 4. The molecule has 0 unspecified atom stereocenters. The van der Waals surface area contributed by atoms with Crippen molar-refractivity contribution < 1.29 is 10.0 Å². The topological polar surface area (TPSA) is 67.2 Å². The number of imidazole rings is 1. The van der Waals surface area contributed by atoms with E-state index in [-0.39, 0.29) is 0 Å². The average molecular weight is 469 g/mol. The van der Waals surface area contributed by atoms with Crippen LogP contribution in [0.2, 0.25) is 0 Å². The fourth-order valence-electron chi connectivity index (χ4n) is 3.06. The van der Waals surface area contributed by atoms with Crippen molar-refractivity contribution in [2.24, 2.45) is 0 Å². The first-order valence-corrected chi connectivity index (χ1v) is 9.48. The Morgan fingerprint density at radius 1 is 1.00 bits per heavy atom. The van der Waals surface area contributed by atoms with Gasteiger partial charge in [-0.2, -0.15) is 0 Å². The zero-order valence-electron chi connectivity index (χ0n) is 14.3.